The Morgan fingerprint density at radius 3 is 3.08 bits per heavy atom. The van der Waals surface area contributed by atoms with Crippen molar-refractivity contribution in [2.75, 3.05) is 0 Å². The minimum Gasteiger partial charge on any atom is -0.270 e. The minimum absolute atomic E-state index is 0.202. The summed E-state index contributed by atoms with van der Waals surface area (Å²) in [6.07, 6.45) is 0. The molecule has 2 aromatic rings. The van der Waals surface area contributed by atoms with Crippen LogP contribution in [0.2, 0.25) is 0 Å². The molecule has 5 nitrogen and oxygen atoms in total. The van der Waals surface area contributed by atoms with E-state index in [1.807, 2.05) is 0 Å². The van der Waals surface area contributed by atoms with Crippen LogP contribution in [0.4, 0.5) is 0 Å². The Bertz CT molecular complexity index is 536. The Morgan fingerprint density at radius 2 is 2.33 bits per heavy atom. The zero-order valence-electron chi connectivity index (χ0n) is 6.07. The molecule has 0 aromatic carbocycles. The largest absolute Gasteiger partial charge is 0.295 e. The summed E-state index contributed by atoms with van der Waals surface area (Å²) in [6.45, 7) is 1.61. The van der Waals surface area contributed by atoms with E-state index >= 15 is 0 Å². The van der Waals surface area contributed by atoms with Crippen molar-refractivity contribution in [2.45, 2.75) is 6.92 Å². The third-order valence-corrected chi connectivity index (χ3v) is 2.44. The number of aromatic amines is 1. The third kappa shape index (κ3) is 0.978. The fourth-order valence-corrected chi connectivity index (χ4v) is 1.73. The summed E-state index contributed by atoms with van der Waals surface area (Å²) in [5, 5.41) is 10.2. The van der Waals surface area contributed by atoms with E-state index in [0.717, 1.165) is 0 Å². The first-order chi connectivity index (χ1) is 5.68. The standard InChI is InChI=1S/C5H4N4OS2/c1-2-3(10)9-4(7-6-2)12-5(11)8-9/h1H3,(H,8,11). The van der Waals surface area contributed by atoms with Gasteiger partial charge in [-0.1, -0.05) is 11.3 Å². The molecule has 0 saturated carbocycles. The molecular formula is C5H4N4OS2. The molecule has 7 heteroatoms. The van der Waals surface area contributed by atoms with Gasteiger partial charge in [0.25, 0.3) is 5.56 Å². The molecule has 12 heavy (non-hydrogen) atoms. The van der Waals surface area contributed by atoms with Crippen LogP contribution in [0.3, 0.4) is 0 Å². The van der Waals surface area contributed by atoms with Crippen molar-refractivity contribution in [2.24, 2.45) is 0 Å². The lowest BCUT2D eigenvalue weighted by Gasteiger charge is -1.89. The molecule has 0 aliphatic heterocycles. The van der Waals surface area contributed by atoms with Gasteiger partial charge >= 0.3 is 0 Å². The predicted octanol–water partition coefficient (Wildman–Crippen LogP) is 0.517. The van der Waals surface area contributed by atoms with Crippen LogP contribution in [-0.2, 0) is 0 Å². The van der Waals surface area contributed by atoms with E-state index < -0.39 is 0 Å². The van der Waals surface area contributed by atoms with Gasteiger partial charge in [-0.2, -0.15) is 4.52 Å². The van der Waals surface area contributed by atoms with Gasteiger partial charge < -0.3 is 0 Å². The van der Waals surface area contributed by atoms with Gasteiger partial charge in [0.1, 0.15) is 5.69 Å². The van der Waals surface area contributed by atoms with E-state index in [2.05, 4.69) is 15.3 Å². The number of rotatable bonds is 0. The zero-order valence-corrected chi connectivity index (χ0v) is 7.70. The normalized spacial score (nSPS) is 10.8. The van der Waals surface area contributed by atoms with E-state index in [1.165, 1.54) is 15.9 Å². The SMILES string of the molecule is Cc1nnc2sc(=S)[nH]n2c1=O. The number of fused-ring (bicyclic) bond motifs is 1. The highest BCUT2D eigenvalue weighted by Gasteiger charge is 2.03. The van der Waals surface area contributed by atoms with Gasteiger partial charge in [-0.05, 0) is 19.1 Å². The maximum atomic E-state index is 11.3. The van der Waals surface area contributed by atoms with Gasteiger partial charge in [-0.3, -0.25) is 9.89 Å². The predicted molar refractivity (Wildman–Crippen MR) is 47.1 cm³/mol. The summed E-state index contributed by atoms with van der Waals surface area (Å²) in [5.41, 5.74) is 0.156. The van der Waals surface area contributed by atoms with E-state index in [1.54, 1.807) is 6.92 Å². The summed E-state index contributed by atoms with van der Waals surface area (Å²) in [6, 6.07) is 0. The smallest absolute Gasteiger partial charge is 0.270 e. The molecule has 2 rings (SSSR count). The Labute approximate surface area is 75.7 Å². The highest BCUT2D eigenvalue weighted by atomic mass is 32.1. The van der Waals surface area contributed by atoms with Crippen molar-refractivity contribution in [1.82, 2.24) is 19.8 Å². The first-order valence-electron chi connectivity index (χ1n) is 3.13. The van der Waals surface area contributed by atoms with Gasteiger partial charge in [-0.25, -0.2) is 0 Å². The molecule has 0 amide bonds. The van der Waals surface area contributed by atoms with E-state index in [9.17, 15) is 4.79 Å². The van der Waals surface area contributed by atoms with Crippen molar-refractivity contribution in [3.63, 3.8) is 0 Å². The van der Waals surface area contributed by atoms with Crippen LogP contribution in [0.5, 0.6) is 0 Å². The molecular weight excluding hydrogens is 196 g/mol. The summed E-state index contributed by atoms with van der Waals surface area (Å²) in [4.78, 5) is 11.8. The molecule has 0 atom stereocenters. The fourth-order valence-electron chi connectivity index (χ4n) is 0.816. The quantitative estimate of drug-likeness (QED) is 0.630. The zero-order chi connectivity index (χ0) is 8.72. The molecule has 2 aromatic heterocycles. The second-order valence-corrected chi connectivity index (χ2v) is 3.85. The lowest BCUT2D eigenvalue weighted by atomic mass is 10.5. The first kappa shape index (κ1) is 7.56. The molecule has 0 spiro atoms. The summed E-state index contributed by atoms with van der Waals surface area (Å²) in [7, 11) is 0. The van der Waals surface area contributed by atoms with Crippen LogP contribution in [0.15, 0.2) is 4.79 Å². The highest BCUT2D eigenvalue weighted by molar-refractivity contribution is 7.73. The van der Waals surface area contributed by atoms with Crippen LogP contribution in [0.25, 0.3) is 4.96 Å². The molecule has 2 heterocycles. The molecule has 0 bridgehead atoms. The molecule has 62 valence electrons. The maximum absolute atomic E-state index is 11.3. The summed E-state index contributed by atoms with van der Waals surface area (Å²) < 4.78 is 1.82. The second-order valence-electron chi connectivity index (χ2n) is 2.21. The highest BCUT2D eigenvalue weighted by Crippen LogP contribution is 2.03. The van der Waals surface area contributed by atoms with Crippen molar-refractivity contribution in [3.05, 3.63) is 20.0 Å². The van der Waals surface area contributed by atoms with Crippen molar-refractivity contribution < 1.29 is 0 Å². The maximum Gasteiger partial charge on any atom is 0.295 e. The molecule has 0 aliphatic carbocycles. The molecule has 0 radical (unpaired) electrons. The average molecular weight is 200 g/mol. The van der Waals surface area contributed by atoms with Crippen LogP contribution in [0, 0.1) is 10.9 Å². The topological polar surface area (TPSA) is 63.1 Å². The lowest BCUT2D eigenvalue weighted by Crippen LogP contribution is -2.19. The van der Waals surface area contributed by atoms with Crippen molar-refractivity contribution in [3.8, 4) is 0 Å². The molecule has 0 saturated heterocycles. The number of aryl methyl sites for hydroxylation is 1. The second kappa shape index (κ2) is 2.46. The van der Waals surface area contributed by atoms with Gasteiger partial charge in [0.05, 0.1) is 0 Å². The number of hydrogen-bond donors (Lipinski definition) is 1. The molecule has 0 aliphatic rings. The third-order valence-electron chi connectivity index (χ3n) is 1.38. The summed E-state index contributed by atoms with van der Waals surface area (Å²) in [5.74, 6) is 0. The van der Waals surface area contributed by atoms with Gasteiger partial charge in [-0.15, -0.1) is 10.2 Å². The van der Waals surface area contributed by atoms with E-state index in [4.69, 9.17) is 12.2 Å². The van der Waals surface area contributed by atoms with Gasteiger partial charge in [0.2, 0.25) is 4.96 Å². The van der Waals surface area contributed by atoms with Crippen molar-refractivity contribution >= 4 is 28.5 Å². The molecule has 1 N–H and O–H groups in total. The minimum atomic E-state index is -0.202. The Morgan fingerprint density at radius 1 is 1.58 bits per heavy atom. The Balaban J connectivity index is 3.10. The average Bonchev–Trinajstić information content (AvgIpc) is 2.39. The lowest BCUT2D eigenvalue weighted by molar-refractivity contribution is 0.824. The Kier molecular flexibility index (Phi) is 1.55. The number of nitrogens with zero attached hydrogens (tertiary/aromatic N) is 3. The van der Waals surface area contributed by atoms with E-state index in [-0.39, 0.29) is 5.56 Å². The fraction of sp³-hybridized carbons (Fsp3) is 0.200. The number of H-pyrrole nitrogens is 1. The first-order valence-corrected chi connectivity index (χ1v) is 4.36. The number of nitrogens with one attached hydrogen (secondary N) is 1. The van der Waals surface area contributed by atoms with Gasteiger partial charge in [0, 0.05) is 0 Å². The monoisotopic (exact) mass is 200 g/mol. The van der Waals surface area contributed by atoms with Crippen LogP contribution < -0.4 is 5.56 Å². The molecule has 0 fully saturated rings. The number of hydrogen-bond acceptors (Lipinski definition) is 5. The van der Waals surface area contributed by atoms with Gasteiger partial charge in [0.15, 0.2) is 3.95 Å². The van der Waals surface area contributed by atoms with Crippen molar-refractivity contribution in [1.29, 1.82) is 0 Å². The Hall–Kier alpha value is -1.08. The van der Waals surface area contributed by atoms with E-state index in [0.29, 0.717) is 14.6 Å². The molecule has 0 unspecified atom stereocenters. The van der Waals surface area contributed by atoms with Crippen LogP contribution in [0.1, 0.15) is 5.69 Å². The van der Waals surface area contributed by atoms with Crippen LogP contribution in [-0.4, -0.2) is 19.8 Å². The van der Waals surface area contributed by atoms with Crippen LogP contribution >= 0.6 is 23.6 Å². The summed E-state index contributed by atoms with van der Waals surface area (Å²) >= 11 is 6.07. The number of aromatic nitrogens is 4.